The Morgan fingerprint density at radius 3 is 2.54 bits per heavy atom. The van der Waals surface area contributed by atoms with Gasteiger partial charge in [-0.3, -0.25) is 20.4 Å². The maximum absolute atomic E-state index is 13.5. The van der Waals surface area contributed by atoms with Crippen LogP contribution >= 0.6 is 0 Å². The van der Waals surface area contributed by atoms with Crippen LogP contribution in [0.5, 0.6) is 0 Å². The summed E-state index contributed by atoms with van der Waals surface area (Å²) in [6.45, 7) is 0. The van der Waals surface area contributed by atoms with E-state index in [4.69, 9.17) is 5.73 Å². The first kappa shape index (κ1) is 18.4. The number of hydrogen-bond acceptors (Lipinski definition) is 4. The van der Waals surface area contributed by atoms with Crippen LogP contribution in [-0.2, 0) is 4.79 Å². The Kier molecular flexibility index (Phi) is 6.69. The number of aliphatic hydroxyl groups is 1. The predicted molar refractivity (Wildman–Crippen MR) is 87.2 cm³/mol. The van der Waals surface area contributed by atoms with Crippen molar-refractivity contribution in [2.45, 2.75) is 50.7 Å². The van der Waals surface area contributed by atoms with Crippen LogP contribution in [0.4, 0.5) is 4.39 Å². The Morgan fingerprint density at radius 2 is 1.88 bits per heavy atom. The predicted octanol–water partition coefficient (Wildman–Crippen LogP) is 1.25. The summed E-state index contributed by atoms with van der Waals surface area (Å²) < 4.78 is 13.5. The van der Waals surface area contributed by atoms with Crippen molar-refractivity contribution in [3.05, 3.63) is 35.6 Å². The molecule has 5 N–H and O–H groups in total. The van der Waals surface area contributed by atoms with Gasteiger partial charge in [0.15, 0.2) is 0 Å². The van der Waals surface area contributed by atoms with E-state index in [2.05, 4.69) is 10.9 Å². The SMILES string of the molecule is N[C@H](CC1CCCCC1)C(O)C(=O)NNC(=O)c1ccccc1F. The number of carbonyl (C=O) groups excluding carboxylic acids is 2. The summed E-state index contributed by atoms with van der Waals surface area (Å²) in [6.07, 6.45) is 4.79. The third-order valence-corrected chi connectivity index (χ3v) is 4.42. The second-order valence-electron chi connectivity index (χ2n) is 6.27. The zero-order valence-corrected chi connectivity index (χ0v) is 13.5. The molecule has 1 aromatic rings. The van der Waals surface area contributed by atoms with Crippen molar-refractivity contribution in [2.24, 2.45) is 11.7 Å². The molecule has 1 aromatic carbocycles. The number of nitrogens with one attached hydrogen (secondary N) is 2. The molecule has 1 unspecified atom stereocenters. The summed E-state index contributed by atoms with van der Waals surface area (Å²) in [5.74, 6) is -1.87. The van der Waals surface area contributed by atoms with Gasteiger partial charge in [-0.15, -0.1) is 0 Å². The van der Waals surface area contributed by atoms with Gasteiger partial charge in [0.2, 0.25) is 0 Å². The molecule has 0 heterocycles. The maximum Gasteiger partial charge on any atom is 0.272 e. The Labute approximate surface area is 140 Å². The molecule has 0 aliphatic heterocycles. The van der Waals surface area contributed by atoms with Gasteiger partial charge in [0, 0.05) is 6.04 Å². The average molecular weight is 337 g/mol. The molecule has 132 valence electrons. The summed E-state index contributed by atoms with van der Waals surface area (Å²) in [5, 5.41) is 9.99. The molecule has 0 spiro atoms. The van der Waals surface area contributed by atoms with Crippen LogP contribution in [0.2, 0.25) is 0 Å². The minimum atomic E-state index is -1.42. The molecule has 24 heavy (non-hydrogen) atoms. The molecule has 1 aliphatic carbocycles. The molecular formula is C17H24FN3O3. The van der Waals surface area contributed by atoms with E-state index in [-0.39, 0.29) is 5.56 Å². The van der Waals surface area contributed by atoms with Gasteiger partial charge in [-0.05, 0) is 24.5 Å². The van der Waals surface area contributed by atoms with Gasteiger partial charge in [-0.1, -0.05) is 44.2 Å². The molecule has 0 aromatic heterocycles. The van der Waals surface area contributed by atoms with E-state index in [9.17, 15) is 19.1 Å². The lowest BCUT2D eigenvalue weighted by Gasteiger charge is -2.26. The van der Waals surface area contributed by atoms with E-state index >= 15 is 0 Å². The van der Waals surface area contributed by atoms with Gasteiger partial charge >= 0.3 is 0 Å². The Hall–Kier alpha value is -1.99. The Morgan fingerprint density at radius 1 is 1.21 bits per heavy atom. The molecule has 7 heteroatoms. The van der Waals surface area contributed by atoms with E-state index in [0.717, 1.165) is 31.7 Å². The number of aliphatic hydroxyl groups excluding tert-OH is 1. The van der Waals surface area contributed by atoms with Crippen LogP contribution in [0.15, 0.2) is 24.3 Å². The van der Waals surface area contributed by atoms with Crippen LogP contribution in [-0.4, -0.2) is 29.1 Å². The van der Waals surface area contributed by atoms with Crippen LogP contribution in [0.25, 0.3) is 0 Å². The van der Waals surface area contributed by atoms with E-state index < -0.39 is 29.8 Å². The molecule has 0 radical (unpaired) electrons. The largest absolute Gasteiger partial charge is 0.382 e. The first-order chi connectivity index (χ1) is 11.5. The van der Waals surface area contributed by atoms with E-state index in [1.165, 1.54) is 24.6 Å². The normalized spacial score (nSPS) is 17.8. The van der Waals surface area contributed by atoms with Crippen molar-refractivity contribution in [1.82, 2.24) is 10.9 Å². The van der Waals surface area contributed by atoms with Crippen LogP contribution < -0.4 is 16.6 Å². The number of benzene rings is 1. The van der Waals surface area contributed by atoms with Crippen molar-refractivity contribution in [3.8, 4) is 0 Å². The molecule has 6 nitrogen and oxygen atoms in total. The molecule has 2 amide bonds. The molecule has 0 bridgehead atoms. The van der Waals surface area contributed by atoms with Gasteiger partial charge in [-0.25, -0.2) is 4.39 Å². The summed E-state index contributed by atoms with van der Waals surface area (Å²) >= 11 is 0. The molecule has 1 aliphatic rings. The fourth-order valence-electron chi connectivity index (χ4n) is 3.04. The third kappa shape index (κ3) is 5.01. The van der Waals surface area contributed by atoms with E-state index in [1.807, 2.05) is 0 Å². The van der Waals surface area contributed by atoms with Crippen LogP contribution in [0, 0.1) is 11.7 Å². The zero-order valence-electron chi connectivity index (χ0n) is 13.5. The fourth-order valence-corrected chi connectivity index (χ4v) is 3.04. The van der Waals surface area contributed by atoms with Crippen molar-refractivity contribution in [3.63, 3.8) is 0 Å². The fraction of sp³-hybridized carbons (Fsp3) is 0.529. The monoisotopic (exact) mass is 337 g/mol. The average Bonchev–Trinajstić information content (AvgIpc) is 2.60. The number of hydrazine groups is 1. The first-order valence-corrected chi connectivity index (χ1v) is 8.27. The van der Waals surface area contributed by atoms with E-state index in [0.29, 0.717) is 12.3 Å². The minimum Gasteiger partial charge on any atom is -0.382 e. The third-order valence-electron chi connectivity index (χ3n) is 4.42. The van der Waals surface area contributed by atoms with Gasteiger partial charge in [0.25, 0.3) is 11.8 Å². The minimum absolute atomic E-state index is 0.196. The molecule has 1 saturated carbocycles. The highest BCUT2D eigenvalue weighted by molar-refractivity contribution is 5.96. The Balaban J connectivity index is 1.80. The van der Waals surface area contributed by atoms with Crippen LogP contribution in [0.1, 0.15) is 48.9 Å². The highest BCUT2D eigenvalue weighted by Crippen LogP contribution is 2.27. The van der Waals surface area contributed by atoms with Crippen molar-refractivity contribution >= 4 is 11.8 Å². The number of carbonyl (C=O) groups is 2. The molecule has 2 rings (SSSR count). The highest BCUT2D eigenvalue weighted by atomic mass is 19.1. The lowest BCUT2D eigenvalue weighted by atomic mass is 9.84. The summed E-state index contributed by atoms with van der Waals surface area (Å²) in [7, 11) is 0. The van der Waals surface area contributed by atoms with Crippen molar-refractivity contribution in [2.75, 3.05) is 0 Å². The van der Waals surface area contributed by atoms with Gasteiger partial charge in [0.1, 0.15) is 11.9 Å². The van der Waals surface area contributed by atoms with Crippen LogP contribution in [0.3, 0.4) is 0 Å². The van der Waals surface area contributed by atoms with Gasteiger partial charge < -0.3 is 10.8 Å². The lowest BCUT2D eigenvalue weighted by molar-refractivity contribution is -0.131. The molecular weight excluding hydrogens is 313 g/mol. The quantitative estimate of drug-likeness (QED) is 0.607. The van der Waals surface area contributed by atoms with Crippen molar-refractivity contribution < 1.29 is 19.1 Å². The number of nitrogens with two attached hydrogens (primary N) is 1. The lowest BCUT2D eigenvalue weighted by Crippen LogP contribution is -2.52. The molecule has 1 fully saturated rings. The van der Waals surface area contributed by atoms with E-state index in [1.54, 1.807) is 0 Å². The summed E-state index contributed by atoms with van der Waals surface area (Å²) in [6, 6.07) is 4.71. The Bertz CT molecular complexity index is 576. The number of halogens is 1. The standard InChI is InChI=1S/C17H24FN3O3/c18-13-9-5-4-8-12(13)16(23)20-21-17(24)15(22)14(19)10-11-6-2-1-3-7-11/h4-5,8-9,11,14-15,22H,1-3,6-7,10,19H2,(H,20,23)(H,21,24)/t14-,15?/m1/s1. The smallest absolute Gasteiger partial charge is 0.272 e. The molecule has 0 saturated heterocycles. The number of amides is 2. The summed E-state index contributed by atoms with van der Waals surface area (Å²) in [4.78, 5) is 23.7. The molecule has 2 atom stereocenters. The summed E-state index contributed by atoms with van der Waals surface area (Å²) in [5.41, 5.74) is 9.89. The topological polar surface area (TPSA) is 104 Å². The first-order valence-electron chi connectivity index (χ1n) is 8.27. The highest BCUT2D eigenvalue weighted by Gasteiger charge is 2.27. The van der Waals surface area contributed by atoms with Crippen molar-refractivity contribution in [1.29, 1.82) is 0 Å². The second-order valence-corrected chi connectivity index (χ2v) is 6.27. The second kappa shape index (κ2) is 8.75. The number of rotatable bonds is 5. The van der Waals surface area contributed by atoms with Gasteiger partial charge in [-0.2, -0.15) is 0 Å². The zero-order chi connectivity index (χ0) is 17.5. The maximum atomic E-state index is 13.5. The number of hydrogen-bond donors (Lipinski definition) is 4. The van der Waals surface area contributed by atoms with Gasteiger partial charge in [0.05, 0.1) is 5.56 Å².